The molecule has 0 aliphatic heterocycles. The van der Waals surface area contributed by atoms with Crippen molar-refractivity contribution >= 4 is 84.3 Å². The second-order valence-electron chi connectivity index (χ2n) is 11.4. The molecule has 1 radical (unpaired) electrons. The number of nitrogens with zero attached hydrogens (tertiary/aromatic N) is 1. The molecule has 0 aliphatic carbocycles. The summed E-state index contributed by atoms with van der Waals surface area (Å²) in [4.78, 5) is 16.3. The van der Waals surface area contributed by atoms with Gasteiger partial charge in [-0.1, -0.05) is 41.5 Å². The molecule has 0 saturated carbocycles. The van der Waals surface area contributed by atoms with E-state index in [-0.39, 0.29) is 37.1 Å². The molecule has 3 aromatic heterocycles. The summed E-state index contributed by atoms with van der Waals surface area (Å²) in [6, 6.07) is 23.6. The average molecular weight is 811 g/mol. The number of aliphatic hydroxyl groups excluding tert-OH is 1. The molecule has 0 atom stereocenters. The molecule has 6 rings (SSSR count). The van der Waals surface area contributed by atoms with Crippen LogP contribution in [0.1, 0.15) is 41.5 Å². The summed E-state index contributed by atoms with van der Waals surface area (Å²) in [5, 5.41) is 16.1. The Hall–Kier alpha value is -2.03. The van der Waals surface area contributed by atoms with Crippen molar-refractivity contribution in [2.45, 2.75) is 41.5 Å². The molecule has 3 nitrogen and oxygen atoms in total. The van der Waals surface area contributed by atoms with E-state index in [9.17, 15) is 9.90 Å². The summed E-state index contributed by atoms with van der Waals surface area (Å²) >= 11 is 0.697. The first-order valence-electron chi connectivity index (χ1n) is 12.3. The maximum absolute atomic E-state index is 11.5. The molecule has 197 valence electrons. The summed E-state index contributed by atoms with van der Waals surface area (Å²) < 4.78 is 5.89. The second kappa shape index (κ2) is 10.9. The number of ketones is 1. The summed E-state index contributed by atoms with van der Waals surface area (Å²) in [5.74, 6) is 0.104. The Bertz CT molecular complexity index is 1830. The minimum absolute atomic E-state index is 0. The molecule has 0 saturated heterocycles. The van der Waals surface area contributed by atoms with Crippen LogP contribution in [0.3, 0.4) is 0 Å². The maximum atomic E-state index is 11.5. The van der Waals surface area contributed by atoms with Crippen LogP contribution >= 0.6 is 0 Å². The first-order valence-corrected chi connectivity index (χ1v) is 15.8. The van der Waals surface area contributed by atoms with Crippen LogP contribution in [-0.2, 0) is 24.9 Å². The van der Waals surface area contributed by atoms with Gasteiger partial charge in [-0.15, -0.1) is 0 Å². The van der Waals surface area contributed by atoms with Crippen molar-refractivity contribution in [2.75, 3.05) is 0 Å². The van der Waals surface area contributed by atoms with Gasteiger partial charge in [0, 0.05) is 37.0 Å². The number of pyridine rings is 1. The van der Waals surface area contributed by atoms with Gasteiger partial charge in [0.1, 0.15) is 5.76 Å². The number of benzene rings is 3. The van der Waals surface area contributed by atoms with E-state index in [0.29, 0.717) is 29.0 Å². The van der Waals surface area contributed by atoms with E-state index in [4.69, 9.17) is 4.98 Å². The first kappa shape index (κ1) is 29.0. The minimum atomic E-state index is -0.417. The van der Waals surface area contributed by atoms with Gasteiger partial charge in [-0.2, -0.15) is 0 Å². The number of hydrogen-bond acceptors (Lipinski definition) is 3. The molecule has 0 unspecified atom stereocenters. The molecule has 0 bridgehead atoms. The van der Waals surface area contributed by atoms with Crippen LogP contribution in [0, 0.1) is 16.9 Å². The molecule has 1 N–H and O–H groups in total. The van der Waals surface area contributed by atoms with Crippen molar-refractivity contribution in [2.24, 2.45) is 10.8 Å². The molecular formula is C32H30IrNO2Se2-. The van der Waals surface area contributed by atoms with Crippen LogP contribution in [0.5, 0.6) is 0 Å². The van der Waals surface area contributed by atoms with E-state index in [2.05, 4.69) is 60.7 Å². The average Bonchev–Trinajstić information content (AvgIpc) is 3.16. The molecular weight excluding hydrogens is 780 g/mol. The molecule has 38 heavy (non-hydrogen) atoms. The Balaban J connectivity index is 0.000000209. The molecule has 0 spiro atoms. The standard InChI is InChI=1S/C21H10NSe2.C11H20O2.Ir/c1-2-5-13-11-18-14(10-12(13)4-1)21-20-17(8-9-22-21)23-15-6-3-7-16(24-18)19(15)20;1-10(2,3)8(12)7-9(13)11(4,5)6;/h1-9,11H;7,12H,1-6H3;/q-1;;/b;8-7-;. The fourth-order valence-electron chi connectivity index (χ4n) is 4.08. The number of carbonyl (C=O) groups is 1. The normalized spacial score (nSPS) is 12.6. The third-order valence-electron chi connectivity index (χ3n) is 6.36. The summed E-state index contributed by atoms with van der Waals surface area (Å²) in [5.41, 5.74) is 0.376. The van der Waals surface area contributed by atoms with Gasteiger partial charge in [0.05, 0.1) is 0 Å². The number of aromatic nitrogens is 1. The van der Waals surface area contributed by atoms with Crippen LogP contribution < -0.4 is 0 Å². The van der Waals surface area contributed by atoms with E-state index in [0.717, 1.165) is 5.52 Å². The third kappa shape index (κ3) is 5.63. The van der Waals surface area contributed by atoms with Gasteiger partial charge in [-0.3, -0.25) is 4.79 Å². The van der Waals surface area contributed by atoms with Gasteiger partial charge in [0.25, 0.3) is 0 Å². The Morgan fingerprint density at radius 3 is 2.13 bits per heavy atom. The van der Waals surface area contributed by atoms with Gasteiger partial charge in [-0.05, 0) is 0 Å². The van der Waals surface area contributed by atoms with Gasteiger partial charge in [0.15, 0.2) is 5.78 Å². The van der Waals surface area contributed by atoms with E-state index in [1.165, 1.54) is 50.0 Å². The molecule has 3 aromatic carbocycles. The van der Waals surface area contributed by atoms with E-state index < -0.39 is 5.41 Å². The zero-order valence-electron chi connectivity index (χ0n) is 22.3. The van der Waals surface area contributed by atoms with Crippen molar-refractivity contribution in [1.82, 2.24) is 4.98 Å². The van der Waals surface area contributed by atoms with E-state index >= 15 is 0 Å². The van der Waals surface area contributed by atoms with Gasteiger partial charge in [-0.25, -0.2) is 0 Å². The molecule has 3 heterocycles. The van der Waals surface area contributed by atoms with Gasteiger partial charge in [0.2, 0.25) is 0 Å². The number of allylic oxidation sites excluding steroid dienone is 2. The molecule has 0 fully saturated rings. The fourth-order valence-corrected chi connectivity index (χ4v) is 9.16. The van der Waals surface area contributed by atoms with Gasteiger partial charge >= 0.3 is 150 Å². The Labute approximate surface area is 248 Å². The van der Waals surface area contributed by atoms with Crippen LogP contribution in [0.2, 0.25) is 0 Å². The topological polar surface area (TPSA) is 50.2 Å². The second-order valence-corrected chi connectivity index (χ2v) is 15.9. The fraction of sp³-hybridized carbons (Fsp3) is 0.250. The number of hydrogen-bond donors (Lipinski definition) is 1. The van der Waals surface area contributed by atoms with Crippen molar-refractivity contribution in [3.63, 3.8) is 0 Å². The van der Waals surface area contributed by atoms with Crippen LogP contribution in [0.15, 0.2) is 72.6 Å². The van der Waals surface area contributed by atoms with Crippen molar-refractivity contribution < 1.29 is 30.0 Å². The molecule has 6 aromatic rings. The van der Waals surface area contributed by atoms with Gasteiger partial charge < -0.3 is 5.11 Å². The predicted octanol–water partition coefficient (Wildman–Crippen LogP) is 7.85. The monoisotopic (exact) mass is 813 g/mol. The number of rotatable bonds is 1. The Kier molecular flexibility index (Phi) is 8.27. The zero-order valence-corrected chi connectivity index (χ0v) is 28.1. The summed E-state index contributed by atoms with van der Waals surface area (Å²) in [7, 11) is 0. The van der Waals surface area contributed by atoms with Crippen molar-refractivity contribution in [3.8, 4) is 0 Å². The van der Waals surface area contributed by atoms with Crippen molar-refractivity contribution in [3.05, 3.63) is 78.7 Å². The Morgan fingerprint density at radius 1 is 0.842 bits per heavy atom. The van der Waals surface area contributed by atoms with Crippen LogP contribution in [0.4, 0.5) is 0 Å². The summed E-state index contributed by atoms with van der Waals surface area (Å²) in [6.45, 7) is 11.1. The number of aliphatic hydroxyl groups is 1. The first-order chi connectivity index (χ1) is 17.4. The molecule has 0 amide bonds. The molecule has 0 aliphatic rings. The third-order valence-corrected chi connectivity index (χ3v) is 11.0. The van der Waals surface area contributed by atoms with Crippen LogP contribution in [0.25, 0.3) is 49.5 Å². The summed E-state index contributed by atoms with van der Waals surface area (Å²) in [6.07, 6.45) is 3.31. The number of fused-ring (bicyclic) bond motifs is 3. The number of carbonyl (C=O) groups excluding carboxylic acids is 1. The van der Waals surface area contributed by atoms with Crippen molar-refractivity contribution in [1.29, 1.82) is 0 Å². The van der Waals surface area contributed by atoms with Crippen LogP contribution in [-0.4, -0.2) is 44.9 Å². The van der Waals surface area contributed by atoms with E-state index in [1.807, 2.05) is 47.7 Å². The quantitative estimate of drug-likeness (QED) is 0.0798. The predicted molar refractivity (Wildman–Crippen MR) is 159 cm³/mol. The Morgan fingerprint density at radius 2 is 1.47 bits per heavy atom. The van der Waals surface area contributed by atoms with E-state index in [1.54, 1.807) is 0 Å². The zero-order chi connectivity index (χ0) is 26.5. The SMILES string of the molecule is CC(C)(C)C(=O)/C=C(\O)C(C)(C)C.[Ir].[c-]1c2ccccc2cc2[se]c3cccc4[se]c5ccnc(c12)c5c34. The molecule has 6 heteroatoms.